The highest BCUT2D eigenvalue weighted by Gasteiger charge is 2.36. The normalized spacial score (nSPS) is 12.9. The molecule has 11 heteroatoms. The Labute approximate surface area is 190 Å². The van der Waals surface area contributed by atoms with Crippen LogP contribution in [0.3, 0.4) is 0 Å². The minimum atomic E-state index is -1.39. The van der Waals surface area contributed by atoms with Crippen molar-refractivity contribution in [3.63, 3.8) is 0 Å². The largest absolute Gasteiger partial charge is 0.464 e. The van der Waals surface area contributed by atoms with Crippen LogP contribution >= 0.6 is 0 Å². The lowest BCUT2D eigenvalue weighted by Gasteiger charge is -2.24. The minimum absolute atomic E-state index is 0.0650. The van der Waals surface area contributed by atoms with Crippen LogP contribution in [0.1, 0.15) is 59.8 Å². The standard InChI is InChI=1S/C21H40N4O7/c1-20(2,3)9-7-10-25-19(29)31-12-6-5-8-16(27)32-15-21(4,14-26)17(28)30-13-11-24-18(22)23/h26H,5-15H2,1-4H3,(H,25,29)(H4,22,23,24). The number of ether oxygens (including phenoxy) is 3. The number of guanidine groups is 1. The number of hydrogen-bond donors (Lipinski definition) is 4. The molecule has 0 aromatic rings. The summed E-state index contributed by atoms with van der Waals surface area (Å²) in [4.78, 5) is 39.3. The molecular weight excluding hydrogens is 420 g/mol. The molecular formula is C21H40N4O7. The predicted molar refractivity (Wildman–Crippen MR) is 120 cm³/mol. The molecule has 0 fully saturated rings. The van der Waals surface area contributed by atoms with Crippen molar-refractivity contribution in [2.45, 2.75) is 59.8 Å². The molecule has 0 aliphatic rings. The maximum atomic E-state index is 12.1. The molecule has 1 unspecified atom stereocenters. The van der Waals surface area contributed by atoms with Gasteiger partial charge >= 0.3 is 18.0 Å². The monoisotopic (exact) mass is 460 g/mol. The van der Waals surface area contributed by atoms with E-state index in [0.29, 0.717) is 19.4 Å². The van der Waals surface area contributed by atoms with Crippen molar-refractivity contribution in [3.8, 4) is 0 Å². The van der Waals surface area contributed by atoms with Crippen LogP contribution < -0.4 is 16.8 Å². The highest BCUT2D eigenvalue weighted by atomic mass is 16.6. The van der Waals surface area contributed by atoms with E-state index in [9.17, 15) is 19.5 Å². The van der Waals surface area contributed by atoms with E-state index in [1.165, 1.54) is 6.92 Å². The quantitative estimate of drug-likeness (QED) is 0.0915. The number of hydrogen-bond acceptors (Lipinski definition) is 8. The van der Waals surface area contributed by atoms with Crippen molar-refractivity contribution in [3.05, 3.63) is 0 Å². The molecule has 0 rings (SSSR count). The number of aliphatic hydroxyl groups is 1. The van der Waals surface area contributed by atoms with Crippen LogP contribution in [0.5, 0.6) is 0 Å². The van der Waals surface area contributed by atoms with E-state index in [2.05, 4.69) is 31.1 Å². The van der Waals surface area contributed by atoms with Crippen LogP contribution in [0.15, 0.2) is 4.99 Å². The van der Waals surface area contributed by atoms with Crippen molar-refractivity contribution in [1.29, 1.82) is 0 Å². The van der Waals surface area contributed by atoms with Crippen molar-refractivity contribution in [1.82, 2.24) is 5.32 Å². The average Bonchev–Trinajstić information content (AvgIpc) is 2.71. The van der Waals surface area contributed by atoms with Crippen LogP contribution in [0.2, 0.25) is 0 Å². The van der Waals surface area contributed by atoms with Gasteiger partial charge in [0.05, 0.1) is 19.8 Å². The summed E-state index contributed by atoms with van der Waals surface area (Å²) < 4.78 is 15.2. The van der Waals surface area contributed by atoms with E-state index >= 15 is 0 Å². The lowest BCUT2D eigenvalue weighted by Crippen LogP contribution is -2.39. The molecule has 0 aromatic heterocycles. The summed E-state index contributed by atoms with van der Waals surface area (Å²) in [5, 5.41) is 12.2. The SMILES string of the molecule is CC(C)(C)CCCNC(=O)OCCCCC(=O)OCC(C)(CO)C(=O)OCCN=C(N)N. The maximum Gasteiger partial charge on any atom is 0.407 e. The van der Waals surface area contributed by atoms with Crippen LogP contribution in [0.25, 0.3) is 0 Å². The van der Waals surface area contributed by atoms with E-state index in [1.54, 1.807) is 0 Å². The fourth-order valence-electron chi connectivity index (χ4n) is 2.36. The molecule has 0 bridgehead atoms. The van der Waals surface area contributed by atoms with Crippen LogP contribution in [-0.2, 0) is 23.8 Å². The van der Waals surface area contributed by atoms with Crippen molar-refractivity contribution < 1.29 is 33.7 Å². The number of amides is 1. The van der Waals surface area contributed by atoms with E-state index < -0.39 is 30.1 Å². The van der Waals surface area contributed by atoms with Gasteiger partial charge in [0, 0.05) is 13.0 Å². The van der Waals surface area contributed by atoms with Crippen LogP contribution in [0.4, 0.5) is 4.79 Å². The van der Waals surface area contributed by atoms with Gasteiger partial charge in [0.15, 0.2) is 5.96 Å². The highest BCUT2D eigenvalue weighted by molar-refractivity contribution is 5.78. The summed E-state index contributed by atoms with van der Waals surface area (Å²) in [5.74, 6) is -1.37. The third kappa shape index (κ3) is 15.3. The van der Waals surface area contributed by atoms with Gasteiger partial charge in [-0.05, 0) is 38.0 Å². The Balaban J connectivity index is 3.99. The van der Waals surface area contributed by atoms with E-state index in [-0.39, 0.29) is 44.2 Å². The second-order valence-corrected chi connectivity index (χ2v) is 9.01. The second-order valence-electron chi connectivity index (χ2n) is 9.01. The van der Waals surface area contributed by atoms with Gasteiger partial charge in [-0.2, -0.15) is 0 Å². The first kappa shape index (κ1) is 29.4. The number of nitrogens with zero attached hydrogens (tertiary/aromatic N) is 1. The molecule has 0 aromatic carbocycles. The molecule has 0 radical (unpaired) electrons. The second kappa shape index (κ2) is 15.3. The van der Waals surface area contributed by atoms with Crippen molar-refractivity contribution in [2.24, 2.45) is 27.3 Å². The Morgan fingerprint density at radius 1 is 0.969 bits per heavy atom. The Morgan fingerprint density at radius 2 is 1.66 bits per heavy atom. The van der Waals surface area contributed by atoms with Gasteiger partial charge in [-0.15, -0.1) is 0 Å². The highest BCUT2D eigenvalue weighted by Crippen LogP contribution is 2.20. The number of carbonyl (C=O) groups is 3. The molecule has 0 saturated heterocycles. The number of aliphatic imine (C=N–C) groups is 1. The Morgan fingerprint density at radius 3 is 2.25 bits per heavy atom. The first-order chi connectivity index (χ1) is 14.9. The van der Waals surface area contributed by atoms with E-state index in [4.69, 9.17) is 25.7 Å². The number of unbranched alkanes of at least 4 members (excludes halogenated alkanes) is 1. The number of esters is 2. The van der Waals surface area contributed by atoms with Gasteiger partial charge in [-0.25, -0.2) is 4.79 Å². The van der Waals surface area contributed by atoms with Gasteiger partial charge in [-0.1, -0.05) is 20.8 Å². The summed E-state index contributed by atoms with van der Waals surface area (Å²) in [7, 11) is 0. The van der Waals surface area contributed by atoms with Crippen molar-refractivity contribution >= 4 is 24.0 Å². The topological polar surface area (TPSA) is 176 Å². The summed E-state index contributed by atoms with van der Waals surface area (Å²) >= 11 is 0. The Hall–Kier alpha value is -2.56. The minimum Gasteiger partial charge on any atom is -0.464 e. The zero-order valence-corrected chi connectivity index (χ0v) is 19.8. The zero-order valence-electron chi connectivity index (χ0n) is 19.8. The van der Waals surface area contributed by atoms with E-state index in [1.807, 2.05) is 0 Å². The van der Waals surface area contributed by atoms with Crippen LogP contribution in [0, 0.1) is 10.8 Å². The maximum absolute atomic E-state index is 12.1. The molecule has 0 aliphatic carbocycles. The van der Waals surface area contributed by atoms with Gasteiger partial charge in [0.1, 0.15) is 18.6 Å². The number of nitrogens with two attached hydrogens (primary N) is 2. The Bertz CT molecular complexity index is 616. The molecule has 186 valence electrons. The van der Waals surface area contributed by atoms with Gasteiger partial charge in [0.2, 0.25) is 0 Å². The average molecular weight is 461 g/mol. The predicted octanol–water partition coefficient (Wildman–Crippen LogP) is 1.07. The van der Waals surface area contributed by atoms with E-state index in [0.717, 1.165) is 12.8 Å². The molecule has 1 atom stereocenters. The molecule has 0 spiro atoms. The third-order valence-corrected chi connectivity index (χ3v) is 4.39. The molecule has 0 aliphatic heterocycles. The number of carbonyl (C=O) groups excluding carboxylic acids is 3. The lowest BCUT2D eigenvalue weighted by atomic mass is 9.91. The summed E-state index contributed by atoms with van der Waals surface area (Å²) in [6.07, 6.45) is 2.45. The fourth-order valence-corrected chi connectivity index (χ4v) is 2.36. The van der Waals surface area contributed by atoms with Crippen molar-refractivity contribution in [2.75, 3.05) is 39.5 Å². The van der Waals surface area contributed by atoms with Crippen LogP contribution in [-0.4, -0.2) is 68.6 Å². The first-order valence-corrected chi connectivity index (χ1v) is 10.8. The smallest absolute Gasteiger partial charge is 0.407 e. The van der Waals surface area contributed by atoms with Gasteiger partial charge in [-0.3, -0.25) is 14.6 Å². The molecule has 0 heterocycles. The summed E-state index contributed by atoms with van der Waals surface area (Å²) in [6.45, 7) is 7.75. The fraction of sp³-hybridized carbons (Fsp3) is 0.810. The number of alkyl carbamates (subject to hydrolysis) is 1. The number of rotatable bonds is 15. The number of aliphatic hydroxyl groups excluding tert-OH is 1. The summed E-state index contributed by atoms with van der Waals surface area (Å²) in [6, 6.07) is 0. The third-order valence-electron chi connectivity index (χ3n) is 4.39. The first-order valence-electron chi connectivity index (χ1n) is 10.8. The van der Waals surface area contributed by atoms with Gasteiger partial charge < -0.3 is 36.1 Å². The molecule has 32 heavy (non-hydrogen) atoms. The zero-order chi connectivity index (χ0) is 24.6. The molecule has 6 N–H and O–H groups in total. The molecule has 11 nitrogen and oxygen atoms in total. The Kier molecular flexibility index (Phi) is 14.1. The number of nitrogens with one attached hydrogen (secondary N) is 1. The molecule has 0 saturated carbocycles. The van der Waals surface area contributed by atoms with Gasteiger partial charge in [0.25, 0.3) is 0 Å². The molecule has 1 amide bonds. The summed E-state index contributed by atoms with van der Waals surface area (Å²) in [5.41, 5.74) is 9.19. The lowest BCUT2D eigenvalue weighted by molar-refractivity contribution is -0.165.